The Morgan fingerprint density at radius 2 is 2.15 bits per heavy atom. The summed E-state index contributed by atoms with van der Waals surface area (Å²) in [6, 6.07) is 0.668. The van der Waals surface area contributed by atoms with Gasteiger partial charge < -0.3 is 10.2 Å². The number of hydrogen-bond acceptors (Lipinski definition) is 4. The fourth-order valence-electron chi connectivity index (χ4n) is 3.37. The van der Waals surface area contributed by atoms with E-state index in [1.807, 2.05) is 11.9 Å². The molecule has 1 aliphatic carbocycles. The number of piperazine rings is 1. The lowest BCUT2D eigenvalue weighted by molar-refractivity contribution is -0.131. The summed E-state index contributed by atoms with van der Waals surface area (Å²) in [7, 11) is 1.92. The van der Waals surface area contributed by atoms with E-state index in [0.29, 0.717) is 12.6 Å². The molecule has 3 aliphatic rings. The first-order valence-electron chi connectivity index (χ1n) is 7.87. The molecule has 1 amide bonds. The highest BCUT2D eigenvalue weighted by atomic mass is 16.2. The lowest BCUT2D eigenvalue weighted by Gasteiger charge is -2.46. The molecule has 2 fully saturated rings. The molecular weight excluding hydrogens is 252 g/mol. The van der Waals surface area contributed by atoms with Gasteiger partial charge in [-0.3, -0.25) is 14.6 Å². The first kappa shape index (κ1) is 14.0. The van der Waals surface area contributed by atoms with Crippen LogP contribution in [0, 0.1) is 0 Å². The van der Waals surface area contributed by atoms with Crippen LogP contribution in [-0.4, -0.2) is 79.5 Å². The summed E-state index contributed by atoms with van der Waals surface area (Å²) >= 11 is 0. The van der Waals surface area contributed by atoms with E-state index in [1.165, 1.54) is 12.1 Å². The molecule has 0 aromatic heterocycles. The van der Waals surface area contributed by atoms with Crippen molar-refractivity contribution in [3.63, 3.8) is 0 Å². The Kier molecular flexibility index (Phi) is 4.38. The largest absolute Gasteiger partial charge is 0.318 e. The minimum Gasteiger partial charge on any atom is -0.318 e. The monoisotopic (exact) mass is 278 g/mol. The second-order valence-corrected chi connectivity index (χ2v) is 6.17. The molecule has 1 N–H and O–H groups in total. The molecule has 0 aromatic carbocycles. The number of carbonyl (C=O) groups excluding carboxylic acids is 1. The SMILES string of the molecule is CN(C(=O)CN1CC(N2CCNCC2)C1)C1=CCCC1. The van der Waals surface area contributed by atoms with Crippen molar-refractivity contribution in [1.82, 2.24) is 20.0 Å². The molecule has 112 valence electrons. The van der Waals surface area contributed by atoms with E-state index >= 15 is 0 Å². The van der Waals surface area contributed by atoms with E-state index < -0.39 is 0 Å². The Bertz CT molecular complexity index is 383. The number of nitrogens with zero attached hydrogens (tertiary/aromatic N) is 3. The second kappa shape index (κ2) is 6.24. The van der Waals surface area contributed by atoms with Crippen LogP contribution < -0.4 is 5.32 Å². The molecule has 3 rings (SSSR count). The maximum absolute atomic E-state index is 12.2. The van der Waals surface area contributed by atoms with E-state index in [2.05, 4.69) is 21.2 Å². The summed E-state index contributed by atoms with van der Waals surface area (Å²) < 4.78 is 0. The highest BCUT2D eigenvalue weighted by Crippen LogP contribution is 2.21. The third kappa shape index (κ3) is 3.05. The van der Waals surface area contributed by atoms with E-state index in [-0.39, 0.29) is 5.91 Å². The fraction of sp³-hybridized carbons (Fsp3) is 0.800. The average molecular weight is 278 g/mol. The molecule has 0 radical (unpaired) electrons. The Balaban J connectivity index is 1.40. The van der Waals surface area contributed by atoms with E-state index in [4.69, 9.17) is 0 Å². The normalized spacial score (nSPS) is 25.4. The molecule has 0 aromatic rings. The van der Waals surface area contributed by atoms with Crippen LogP contribution in [-0.2, 0) is 4.79 Å². The zero-order valence-electron chi connectivity index (χ0n) is 12.5. The summed E-state index contributed by atoms with van der Waals surface area (Å²) in [5.74, 6) is 0.247. The Hall–Kier alpha value is -0.910. The van der Waals surface area contributed by atoms with Crippen molar-refractivity contribution in [2.75, 3.05) is 52.9 Å². The molecule has 0 atom stereocenters. The molecule has 2 aliphatic heterocycles. The molecule has 5 heteroatoms. The van der Waals surface area contributed by atoms with Gasteiger partial charge in [-0.2, -0.15) is 0 Å². The van der Waals surface area contributed by atoms with Gasteiger partial charge in [0.15, 0.2) is 0 Å². The van der Waals surface area contributed by atoms with Gasteiger partial charge >= 0.3 is 0 Å². The van der Waals surface area contributed by atoms with Gasteiger partial charge in [-0.25, -0.2) is 0 Å². The molecule has 5 nitrogen and oxygen atoms in total. The van der Waals surface area contributed by atoms with E-state index in [9.17, 15) is 4.79 Å². The highest BCUT2D eigenvalue weighted by molar-refractivity contribution is 5.80. The fourth-order valence-corrected chi connectivity index (χ4v) is 3.37. The minimum absolute atomic E-state index is 0.247. The van der Waals surface area contributed by atoms with Gasteiger partial charge in [-0.1, -0.05) is 6.08 Å². The van der Waals surface area contributed by atoms with Gasteiger partial charge in [0.25, 0.3) is 0 Å². The Morgan fingerprint density at radius 3 is 2.80 bits per heavy atom. The lowest BCUT2D eigenvalue weighted by Crippen LogP contribution is -2.63. The number of likely N-dealkylation sites (N-methyl/N-ethyl adjacent to an activating group) is 1. The van der Waals surface area contributed by atoms with Crippen LogP contribution in [0.2, 0.25) is 0 Å². The Labute approximate surface area is 121 Å². The number of carbonyl (C=O) groups is 1. The van der Waals surface area contributed by atoms with Crippen LogP contribution in [0.25, 0.3) is 0 Å². The summed E-state index contributed by atoms with van der Waals surface area (Å²) in [6.45, 7) is 7.20. The van der Waals surface area contributed by atoms with Crippen LogP contribution >= 0.6 is 0 Å². The van der Waals surface area contributed by atoms with Crippen molar-refractivity contribution < 1.29 is 4.79 Å². The molecular formula is C15H26N4O. The van der Waals surface area contributed by atoms with Gasteiger partial charge in [-0.05, 0) is 19.3 Å². The topological polar surface area (TPSA) is 38.8 Å². The predicted octanol–water partition coefficient (Wildman–Crippen LogP) is 0.102. The number of nitrogens with one attached hydrogen (secondary N) is 1. The molecule has 0 bridgehead atoms. The minimum atomic E-state index is 0.247. The smallest absolute Gasteiger partial charge is 0.240 e. The predicted molar refractivity (Wildman–Crippen MR) is 79.4 cm³/mol. The van der Waals surface area contributed by atoms with Gasteiger partial charge in [0.1, 0.15) is 0 Å². The summed E-state index contributed by atoms with van der Waals surface area (Å²) in [6.07, 6.45) is 5.59. The standard InChI is InChI=1S/C15H26N4O/c1-17(13-4-2-3-5-13)15(20)12-18-10-14(11-18)19-8-6-16-7-9-19/h4,14,16H,2-3,5-12H2,1H3. The van der Waals surface area contributed by atoms with Crippen molar-refractivity contribution in [2.45, 2.75) is 25.3 Å². The van der Waals surface area contributed by atoms with Crippen molar-refractivity contribution in [3.8, 4) is 0 Å². The van der Waals surface area contributed by atoms with Crippen molar-refractivity contribution >= 4 is 5.91 Å². The zero-order valence-corrected chi connectivity index (χ0v) is 12.5. The third-order valence-electron chi connectivity index (χ3n) is 4.79. The summed E-state index contributed by atoms with van der Waals surface area (Å²) in [5.41, 5.74) is 1.22. The van der Waals surface area contributed by atoms with Gasteiger partial charge in [0.05, 0.1) is 6.54 Å². The maximum Gasteiger partial charge on any atom is 0.240 e. The zero-order chi connectivity index (χ0) is 13.9. The quantitative estimate of drug-likeness (QED) is 0.792. The highest BCUT2D eigenvalue weighted by Gasteiger charge is 2.33. The Morgan fingerprint density at radius 1 is 1.40 bits per heavy atom. The van der Waals surface area contributed by atoms with Gasteiger partial charge in [-0.15, -0.1) is 0 Å². The molecule has 20 heavy (non-hydrogen) atoms. The molecule has 0 spiro atoms. The molecule has 0 saturated carbocycles. The van der Waals surface area contributed by atoms with Crippen molar-refractivity contribution in [2.24, 2.45) is 0 Å². The summed E-state index contributed by atoms with van der Waals surface area (Å²) in [4.78, 5) is 18.9. The second-order valence-electron chi connectivity index (χ2n) is 6.17. The van der Waals surface area contributed by atoms with Crippen molar-refractivity contribution in [1.29, 1.82) is 0 Å². The van der Waals surface area contributed by atoms with Crippen LogP contribution in [0.1, 0.15) is 19.3 Å². The van der Waals surface area contributed by atoms with E-state index in [1.54, 1.807) is 0 Å². The molecule has 2 saturated heterocycles. The van der Waals surface area contributed by atoms with Crippen molar-refractivity contribution in [3.05, 3.63) is 11.8 Å². The first-order chi connectivity index (χ1) is 9.74. The number of rotatable bonds is 4. The van der Waals surface area contributed by atoms with Crippen LogP contribution in [0.5, 0.6) is 0 Å². The van der Waals surface area contributed by atoms with Crippen LogP contribution in [0.3, 0.4) is 0 Å². The van der Waals surface area contributed by atoms with Crippen LogP contribution in [0.4, 0.5) is 0 Å². The third-order valence-corrected chi connectivity index (χ3v) is 4.79. The average Bonchev–Trinajstić information content (AvgIpc) is 2.96. The van der Waals surface area contributed by atoms with Gasteiger partial charge in [0, 0.05) is 58.1 Å². The molecule has 2 heterocycles. The van der Waals surface area contributed by atoms with Gasteiger partial charge in [0.2, 0.25) is 5.91 Å². The number of likely N-dealkylation sites (tertiary alicyclic amines) is 1. The van der Waals surface area contributed by atoms with E-state index in [0.717, 1.165) is 52.1 Å². The first-order valence-corrected chi connectivity index (χ1v) is 7.87. The summed E-state index contributed by atoms with van der Waals surface area (Å²) in [5, 5.41) is 3.39. The molecule has 0 unspecified atom stereocenters. The van der Waals surface area contributed by atoms with Crippen LogP contribution in [0.15, 0.2) is 11.8 Å². The lowest BCUT2D eigenvalue weighted by atomic mass is 10.1. The number of hydrogen-bond donors (Lipinski definition) is 1. The number of amides is 1. The maximum atomic E-state index is 12.2. The number of allylic oxidation sites excluding steroid dienone is 2.